The SMILES string of the molecule is COc1ccc(C(O[C@]23C[C@H]2C[C@]2(OP(OCCC#N)N(C(C)C)C(C)C)C[C@H](n4cnc5c(=O)[nH]c(NCC(C)C)nc54)O[C@@H]23)(c2ccccc2)c2ccc(OC)cc2)cc1. The average Bonchev–Trinajstić information content (AvgIpc) is 3.49. The van der Waals surface area contributed by atoms with Gasteiger partial charge >= 0.3 is 0 Å². The molecule has 0 bridgehead atoms. The minimum absolute atomic E-state index is 0.0721. The van der Waals surface area contributed by atoms with Gasteiger partial charge in [-0.15, -0.1) is 0 Å². The van der Waals surface area contributed by atoms with Crippen molar-refractivity contribution in [1.29, 1.82) is 5.26 Å². The second-order valence-corrected chi connectivity index (χ2v) is 18.9. The van der Waals surface area contributed by atoms with Crippen LogP contribution in [-0.2, 0) is 24.1 Å². The molecule has 2 aromatic heterocycles. The molecule has 2 N–H and O–H groups in total. The van der Waals surface area contributed by atoms with E-state index in [2.05, 4.69) is 104 Å². The van der Waals surface area contributed by atoms with Crippen molar-refractivity contribution in [3.8, 4) is 17.6 Å². The predicted octanol–water partition coefficient (Wildman–Crippen LogP) is 8.69. The molecule has 15 heteroatoms. The van der Waals surface area contributed by atoms with Gasteiger partial charge in [-0.3, -0.25) is 14.3 Å². The number of H-pyrrole nitrogens is 1. The summed E-state index contributed by atoms with van der Waals surface area (Å²) in [6.07, 6.45) is 2.45. The highest BCUT2D eigenvalue weighted by atomic mass is 31.2. The van der Waals surface area contributed by atoms with Crippen LogP contribution in [0, 0.1) is 23.2 Å². The number of nitrogens with zero attached hydrogens (tertiary/aromatic N) is 5. The third-order valence-electron chi connectivity index (χ3n) is 12.3. The van der Waals surface area contributed by atoms with Crippen molar-refractivity contribution in [3.63, 3.8) is 0 Å². The predicted molar refractivity (Wildman–Crippen MR) is 238 cm³/mol. The highest BCUT2D eigenvalue weighted by Crippen LogP contribution is 2.72. The van der Waals surface area contributed by atoms with Gasteiger partial charge in [0.2, 0.25) is 5.95 Å². The van der Waals surface area contributed by atoms with Crippen LogP contribution in [0.3, 0.4) is 0 Å². The maximum Gasteiger partial charge on any atom is 0.280 e. The number of imidazole rings is 1. The monoisotopic (exact) mass is 863 g/mol. The molecule has 2 saturated carbocycles. The second kappa shape index (κ2) is 17.7. The fraction of sp³-hybridized carbons (Fsp3) is 0.489. The summed E-state index contributed by atoms with van der Waals surface area (Å²) in [6, 6.07) is 28.8. The van der Waals surface area contributed by atoms with Crippen LogP contribution in [0.25, 0.3) is 11.2 Å². The Kier molecular flexibility index (Phi) is 12.5. The van der Waals surface area contributed by atoms with Crippen molar-refractivity contribution in [2.75, 3.05) is 32.7 Å². The minimum atomic E-state index is -1.68. The number of fused-ring (bicyclic) bond motifs is 4. The third-order valence-corrected chi connectivity index (χ3v) is 14.5. The average molecular weight is 864 g/mol. The molecule has 0 spiro atoms. The highest BCUT2D eigenvalue weighted by Gasteiger charge is 2.79. The lowest BCUT2D eigenvalue weighted by atomic mass is 9.79. The molecule has 2 aliphatic carbocycles. The number of methoxy groups -OCH3 is 2. The number of nitrogens with one attached hydrogen (secondary N) is 2. The van der Waals surface area contributed by atoms with E-state index in [1.54, 1.807) is 20.5 Å². The topological polar surface area (TPSA) is 158 Å². The lowest BCUT2D eigenvalue weighted by molar-refractivity contribution is -0.161. The Balaban J connectivity index is 1.28. The van der Waals surface area contributed by atoms with Crippen LogP contribution in [0.15, 0.2) is 90.0 Å². The van der Waals surface area contributed by atoms with E-state index in [-0.39, 0.29) is 42.1 Å². The zero-order chi connectivity index (χ0) is 43.8. The summed E-state index contributed by atoms with van der Waals surface area (Å²) in [5.41, 5.74) is 0.240. The molecule has 3 aromatic carbocycles. The van der Waals surface area contributed by atoms with Crippen LogP contribution >= 0.6 is 8.53 Å². The number of nitriles is 1. The number of hydrogen-bond donors (Lipinski definition) is 2. The van der Waals surface area contributed by atoms with Crippen LogP contribution in [0.2, 0.25) is 0 Å². The minimum Gasteiger partial charge on any atom is -0.497 e. The van der Waals surface area contributed by atoms with E-state index in [1.807, 2.05) is 47.0 Å². The molecule has 0 radical (unpaired) electrons. The molecule has 8 rings (SSSR count). The van der Waals surface area contributed by atoms with Crippen molar-refractivity contribution in [1.82, 2.24) is 24.2 Å². The van der Waals surface area contributed by atoms with E-state index >= 15 is 0 Å². The Labute approximate surface area is 364 Å². The van der Waals surface area contributed by atoms with E-state index in [0.717, 1.165) is 34.6 Å². The van der Waals surface area contributed by atoms with E-state index in [4.69, 9.17) is 33.0 Å². The van der Waals surface area contributed by atoms with Gasteiger partial charge in [0, 0.05) is 25.0 Å². The van der Waals surface area contributed by atoms with Gasteiger partial charge in [-0.2, -0.15) is 10.2 Å². The van der Waals surface area contributed by atoms with Crippen molar-refractivity contribution >= 4 is 25.6 Å². The summed E-state index contributed by atoms with van der Waals surface area (Å²) in [5.74, 6) is 2.24. The summed E-state index contributed by atoms with van der Waals surface area (Å²) >= 11 is 0. The van der Waals surface area contributed by atoms with Gasteiger partial charge in [0.05, 0.1) is 39.6 Å². The quantitative estimate of drug-likeness (QED) is 0.0463. The van der Waals surface area contributed by atoms with E-state index in [1.165, 1.54) is 0 Å². The maximum absolute atomic E-state index is 13.4. The Hall–Kier alpha value is -4.87. The summed E-state index contributed by atoms with van der Waals surface area (Å²) in [7, 11) is 1.64. The number of ether oxygens (including phenoxy) is 4. The third kappa shape index (κ3) is 8.00. The van der Waals surface area contributed by atoms with Crippen molar-refractivity contribution in [2.24, 2.45) is 11.8 Å². The lowest BCUT2D eigenvalue weighted by Gasteiger charge is -2.44. The molecule has 3 fully saturated rings. The first kappa shape index (κ1) is 43.8. The van der Waals surface area contributed by atoms with Crippen LogP contribution in [0.1, 0.15) is 90.1 Å². The Morgan fingerprint density at radius 3 is 2.15 bits per heavy atom. The van der Waals surface area contributed by atoms with Crippen LogP contribution in [-0.4, -0.2) is 81.0 Å². The van der Waals surface area contributed by atoms with E-state index < -0.39 is 37.7 Å². The molecule has 3 heterocycles. The van der Waals surface area contributed by atoms with Crippen LogP contribution < -0.4 is 20.3 Å². The molecule has 328 valence electrons. The molecule has 1 saturated heterocycles. The zero-order valence-corrected chi connectivity index (χ0v) is 37.7. The van der Waals surface area contributed by atoms with Gasteiger partial charge in [-0.05, 0) is 93.3 Å². The number of aromatic nitrogens is 4. The molecule has 1 unspecified atom stereocenters. The first-order valence-corrected chi connectivity index (χ1v) is 22.7. The first-order valence-electron chi connectivity index (χ1n) is 21.6. The number of hydrogen-bond acceptors (Lipinski definition) is 12. The fourth-order valence-electron chi connectivity index (χ4n) is 9.50. The fourth-order valence-corrected chi connectivity index (χ4v) is 11.3. The lowest BCUT2D eigenvalue weighted by Crippen LogP contribution is -2.49. The van der Waals surface area contributed by atoms with Gasteiger partial charge in [-0.1, -0.05) is 68.4 Å². The summed E-state index contributed by atoms with van der Waals surface area (Å²) in [6.45, 7) is 13.6. The van der Waals surface area contributed by atoms with E-state index in [9.17, 15) is 10.1 Å². The molecule has 3 aliphatic rings. The van der Waals surface area contributed by atoms with Crippen LogP contribution in [0.5, 0.6) is 11.5 Å². The van der Waals surface area contributed by atoms with E-state index in [0.29, 0.717) is 36.9 Å². The Morgan fingerprint density at radius 2 is 1.56 bits per heavy atom. The van der Waals surface area contributed by atoms with Crippen molar-refractivity contribution in [2.45, 2.75) is 108 Å². The molecule has 6 atom stereocenters. The van der Waals surface area contributed by atoms with Gasteiger partial charge in [0.25, 0.3) is 14.1 Å². The molecule has 5 aromatic rings. The zero-order valence-electron chi connectivity index (χ0n) is 36.8. The summed E-state index contributed by atoms with van der Waals surface area (Å²) in [5, 5.41) is 12.8. The summed E-state index contributed by atoms with van der Waals surface area (Å²) in [4.78, 5) is 25.7. The Bertz CT molecular complexity index is 2360. The van der Waals surface area contributed by atoms with Gasteiger partial charge in [0.15, 0.2) is 11.2 Å². The summed E-state index contributed by atoms with van der Waals surface area (Å²) < 4.78 is 44.9. The molecule has 14 nitrogen and oxygen atoms in total. The molecule has 0 amide bonds. The normalized spacial score (nSPS) is 23.5. The van der Waals surface area contributed by atoms with Gasteiger partial charge in [-0.25, -0.2) is 9.65 Å². The Morgan fingerprint density at radius 1 is 0.935 bits per heavy atom. The molecular formula is C47H58N7O7P. The molecular weight excluding hydrogens is 806 g/mol. The second-order valence-electron chi connectivity index (χ2n) is 17.6. The van der Waals surface area contributed by atoms with Gasteiger partial charge < -0.3 is 33.3 Å². The first-order chi connectivity index (χ1) is 29.9. The highest BCUT2D eigenvalue weighted by molar-refractivity contribution is 7.44. The number of anilines is 1. The van der Waals surface area contributed by atoms with Crippen molar-refractivity contribution in [3.05, 3.63) is 112 Å². The smallest absolute Gasteiger partial charge is 0.280 e. The van der Waals surface area contributed by atoms with Crippen LogP contribution in [0.4, 0.5) is 5.95 Å². The number of rotatable bonds is 19. The largest absolute Gasteiger partial charge is 0.497 e. The van der Waals surface area contributed by atoms with Crippen molar-refractivity contribution < 1.29 is 28.0 Å². The standard InChI is InChI=1S/C47H58N7O7P/c1-30(2)28-49-44-51-41-40(42(55)52-44)50-29-53(41)39-27-45(61-62(58-24-12-23-48)54(31(3)4)32(5)6)25-36-26-46(36,43(45)59-39)60-47(33-13-10-9-11-14-33,34-15-19-37(56-7)20-16-34)35-17-21-38(57-8)22-18-35/h9-11,13-22,29-32,36,39,43H,12,24-28H2,1-8H3,(H2,49,51,52,55)/t36-,39-,43+,45+,46-,62?/m1/s1. The maximum atomic E-state index is 13.4. The van der Waals surface area contributed by atoms with Gasteiger partial charge in [0.1, 0.15) is 40.6 Å². The number of benzene rings is 3. The molecule has 1 aliphatic heterocycles. The molecule has 62 heavy (non-hydrogen) atoms. The number of aromatic amines is 1.